The maximum atomic E-state index is 13.3. The van der Waals surface area contributed by atoms with E-state index in [0.29, 0.717) is 17.9 Å². The van der Waals surface area contributed by atoms with E-state index >= 15 is 0 Å². The molecule has 1 unspecified atom stereocenters. The zero-order chi connectivity index (χ0) is 18.1. The van der Waals surface area contributed by atoms with E-state index in [2.05, 4.69) is 16.9 Å². The molecule has 4 heterocycles. The number of carbonyl (C=O) groups is 1. The summed E-state index contributed by atoms with van der Waals surface area (Å²) in [4.78, 5) is 17.9. The summed E-state index contributed by atoms with van der Waals surface area (Å²) in [6, 6.07) is 4.01. The van der Waals surface area contributed by atoms with Gasteiger partial charge in [-0.1, -0.05) is 6.92 Å². The molecular weight excluding hydrogens is 328 g/mol. The Kier molecular flexibility index (Phi) is 4.85. The summed E-state index contributed by atoms with van der Waals surface area (Å²) < 4.78 is 7.43. The predicted molar refractivity (Wildman–Crippen MR) is 98.8 cm³/mol. The Balaban J connectivity index is 1.56. The van der Waals surface area contributed by atoms with Gasteiger partial charge < -0.3 is 14.2 Å². The molecule has 1 fully saturated rings. The van der Waals surface area contributed by atoms with E-state index in [9.17, 15) is 4.79 Å². The molecule has 2 aromatic heterocycles. The van der Waals surface area contributed by atoms with E-state index in [1.165, 1.54) is 12.8 Å². The van der Waals surface area contributed by atoms with Gasteiger partial charge in [0.15, 0.2) is 0 Å². The van der Waals surface area contributed by atoms with Crippen LogP contribution in [0, 0.1) is 12.8 Å². The number of piperidine rings is 1. The van der Waals surface area contributed by atoms with E-state index in [-0.39, 0.29) is 11.9 Å². The van der Waals surface area contributed by atoms with E-state index < -0.39 is 0 Å². The number of carbonyl (C=O) groups excluding carboxylic acids is 1. The molecule has 1 amide bonds. The van der Waals surface area contributed by atoms with Gasteiger partial charge in [0, 0.05) is 25.3 Å². The quantitative estimate of drug-likeness (QED) is 0.848. The Morgan fingerprint density at radius 1 is 1.23 bits per heavy atom. The van der Waals surface area contributed by atoms with Crippen molar-refractivity contribution in [3.8, 4) is 0 Å². The summed E-state index contributed by atoms with van der Waals surface area (Å²) >= 11 is 0. The number of hydrogen-bond donors (Lipinski definition) is 0. The highest BCUT2D eigenvalue weighted by molar-refractivity contribution is 5.95. The van der Waals surface area contributed by atoms with Gasteiger partial charge in [-0.05, 0) is 57.3 Å². The summed E-state index contributed by atoms with van der Waals surface area (Å²) in [5.74, 6) is 1.58. The summed E-state index contributed by atoms with van der Waals surface area (Å²) in [5, 5.41) is 4.43. The van der Waals surface area contributed by atoms with Crippen LogP contribution in [-0.2, 0) is 13.1 Å². The molecule has 2 aliphatic heterocycles. The first-order valence-corrected chi connectivity index (χ1v) is 9.70. The van der Waals surface area contributed by atoms with Gasteiger partial charge in [0.25, 0.3) is 5.91 Å². The molecule has 0 spiro atoms. The molecule has 1 atom stereocenters. The molecule has 26 heavy (non-hydrogen) atoms. The van der Waals surface area contributed by atoms with Crippen LogP contribution in [-0.4, -0.2) is 51.2 Å². The Morgan fingerprint density at radius 2 is 2.04 bits per heavy atom. The molecule has 0 saturated carbocycles. The van der Waals surface area contributed by atoms with Gasteiger partial charge in [-0.15, -0.1) is 0 Å². The van der Waals surface area contributed by atoms with Gasteiger partial charge in [0.05, 0.1) is 24.1 Å². The van der Waals surface area contributed by atoms with Crippen LogP contribution in [0.1, 0.15) is 48.0 Å². The predicted octanol–water partition coefficient (Wildman–Crippen LogP) is 2.93. The van der Waals surface area contributed by atoms with Crippen molar-refractivity contribution in [3.05, 3.63) is 41.6 Å². The number of amides is 1. The maximum Gasteiger partial charge on any atom is 0.258 e. The SMILES string of the molecule is Cc1occc1C(=O)N1Cc2ccnn2CCC1CN1CCC(C)CC1. The van der Waals surface area contributed by atoms with Crippen LogP contribution >= 0.6 is 0 Å². The molecule has 0 N–H and O–H groups in total. The minimum Gasteiger partial charge on any atom is -0.469 e. The fourth-order valence-corrected chi connectivity index (χ4v) is 4.16. The third kappa shape index (κ3) is 3.43. The van der Waals surface area contributed by atoms with Gasteiger partial charge in [0.1, 0.15) is 5.76 Å². The fraction of sp³-hybridized carbons (Fsp3) is 0.600. The number of aromatic nitrogens is 2. The Morgan fingerprint density at radius 3 is 2.77 bits per heavy atom. The van der Waals surface area contributed by atoms with Crippen LogP contribution in [0.5, 0.6) is 0 Å². The molecule has 2 aromatic rings. The minimum absolute atomic E-state index is 0.0706. The van der Waals surface area contributed by atoms with Crippen LogP contribution < -0.4 is 0 Å². The van der Waals surface area contributed by atoms with Crippen molar-refractivity contribution in [2.24, 2.45) is 5.92 Å². The smallest absolute Gasteiger partial charge is 0.258 e. The van der Waals surface area contributed by atoms with Crippen LogP contribution in [0.3, 0.4) is 0 Å². The first-order chi connectivity index (χ1) is 12.6. The van der Waals surface area contributed by atoms with Crippen LogP contribution in [0.4, 0.5) is 0 Å². The van der Waals surface area contributed by atoms with Crippen molar-refractivity contribution in [2.45, 2.75) is 52.2 Å². The molecule has 6 nitrogen and oxygen atoms in total. The molecule has 6 heteroatoms. The van der Waals surface area contributed by atoms with E-state index in [1.807, 2.05) is 28.8 Å². The van der Waals surface area contributed by atoms with Crippen LogP contribution in [0.25, 0.3) is 0 Å². The summed E-state index contributed by atoms with van der Waals surface area (Å²) in [6.45, 7) is 8.88. The van der Waals surface area contributed by atoms with Crippen molar-refractivity contribution >= 4 is 5.91 Å². The van der Waals surface area contributed by atoms with Gasteiger partial charge in [-0.25, -0.2) is 0 Å². The van der Waals surface area contributed by atoms with Gasteiger partial charge >= 0.3 is 0 Å². The molecule has 2 aliphatic rings. The molecule has 0 radical (unpaired) electrons. The Labute approximate surface area is 154 Å². The lowest BCUT2D eigenvalue weighted by Crippen LogP contribution is -2.48. The fourth-order valence-electron chi connectivity index (χ4n) is 4.16. The lowest BCUT2D eigenvalue weighted by atomic mass is 9.98. The first kappa shape index (κ1) is 17.3. The molecule has 0 aromatic carbocycles. The Hall–Kier alpha value is -2.08. The monoisotopic (exact) mass is 356 g/mol. The molecule has 0 bridgehead atoms. The highest BCUT2D eigenvalue weighted by Gasteiger charge is 2.32. The van der Waals surface area contributed by atoms with Gasteiger partial charge in [0.2, 0.25) is 0 Å². The number of rotatable bonds is 3. The van der Waals surface area contributed by atoms with Crippen LogP contribution in [0.2, 0.25) is 0 Å². The summed E-state index contributed by atoms with van der Waals surface area (Å²) in [5.41, 5.74) is 1.78. The average Bonchev–Trinajstić information content (AvgIpc) is 3.23. The van der Waals surface area contributed by atoms with Crippen molar-refractivity contribution in [3.63, 3.8) is 0 Å². The maximum absolute atomic E-state index is 13.3. The molecule has 140 valence electrons. The van der Waals surface area contributed by atoms with Crippen molar-refractivity contribution in [1.29, 1.82) is 0 Å². The number of hydrogen-bond acceptors (Lipinski definition) is 4. The number of aryl methyl sites for hydroxylation is 2. The first-order valence-electron chi connectivity index (χ1n) is 9.70. The average molecular weight is 356 g/mol. The molecule has 4 rings (SSSR count). The lowest BCUT2D eigenvalue weighted by Gasteiger charge is -2.37. The minimum atomic E-state index is 0.0706. The number of furan rings is 1. The lowest BCUT2D eigenvalue weighted by molar-refractivity contribution is 0.0574. The summed E-state index contributed by atoms with van der Waals surface area (Å²) in [7, 11) is 0. The second-order valence-electron chi connectivity index (χ2n) is 7.79. The standard InChI is InChI=1S/C20H28N4O2/c1-15-4-9-22(10-5-15)13-17-6-11-24-18(3-8-21-24)14-23(17)20(25)19-7-12-26-16(19)2/h3,7-8,12,15,17H,4-6,9-11,13-14H2,1-2H3. The zero-order valence-corrected chi connectivity index (χ0v) is 15.7. The van der Waals surface area contributed by atoms with E-state index in [1.54, 1.807) is 12.3 Å². The number of nitrogens with zero attached hydrogens (tertiary/aromatic N) is 4. The number of likely N-dealkylation sites (tertiary alicyclic amines) is 1. The van der Waals surface area contributed by atoms with Crippen molar-refractivity contribution in [2.75, 3.05) is 19.6 Å². The normalized spacial score (nSPS) is 22.2. The Bertz CT molecular complexity index is 757. The third-order valence-corrected chi connectivity index (χ3v) is 5.95. The molecule has 0 aliphatic carbocycles. The number of fused-ring (bicyclic) bond motifs is 1. The second-order valence-corrected chi connectivity index (χ2v) is 7.79. The van der Waals surface area contributed by atoms with Gasteiger partial charge in [-0.2, -0.15) is 5.10 Å². The highest BCUT2D eigenvalue weighted by atomic mass is 16.3. The molecule has 1 saturated heterocycles. The van der Waals surface area contributed by atoms with Crippen molar-refractivity contribution < 1.29 is 9.21 Å². The van der Waals surface area contributed by atoms with Crippen LogP contribution in [0.15, 0.2) is 29.0 Å². The van der Waals surface area contributed by atoms with E-state index in [0.717, 1.165) is 44.2 Å². The molecular formula is C20H28N4O2. The van der Waals surface area contributed by atoms with Gasteiger partial charge in [-0.3, -0.25) is 9.48 Å². The second kappa shape index (κ2) is 7.27. The van der Waals surface area contributed by atoms with E-state index in [4.69, 9.17) is 4.42 Å². The zero-order valence-electron chi connectivity index (χ0n) is 15.7. The van der Waals surface area contributed by atoms with Crippen molar-refractivity contribution in [1.82, 2.24) is 19.6 Å². The topological polar surface area (TPSA) is 54.5 Å². The largest absolute Gasteiger partial charge is 0.469 e. The highest BCUT2D eigenvalue weighted by Crippen LogP contribution is 2.24. The summed E-state index contributed by atoms with van der Waals surface area (Å²) in [6.07, 6.45) is 6.87. The third-order valence-electron chi connectivity index (χ3n) is 5.95.